The van der Waals surface area contributed by atoms with Gasteiger partial charge in [-0.05, 0) is 11.6 Å². The topological polar surface area (TPSA) is 58.2 Å². The quantitative estimate of drug-likeness (QED) is 0.877. The van der Waals surface area contributed by atoms with E-state index in [4.69, 9.17) is 11.6 Å². The fourth-order valence-electron chi connectivity index (χ4n) is 1.48. The lowest BCUT2D eigenvalue weighted by molar-refractivity contribution is -0.128. The highest BCUT2D eigenvalue weighted by atomic mass is 35.5. The minimum Gasteiger partial charge on any atom is -0.355 e. The SMILES string of the molecule is CC(C)(C)C(=O)NCCC(=O)NCc1ccccc1Cl. The molecule has 0 heterocycles. The molecule has 1 rings (SSSR count). The number of benzene rings is 1. The molecular formula is C15H21ClN2O2. The fourth-order valence-corrected chi connectivity index (χ4v) is 1.68. The predicted octanol–water partition coefficient (Wildman–Crippen LogP) is 2.51. The molecule has 0 radical (unpaired) electrons. The molecule has 1 aromatic rings. The largest absolute Gasteiger partial charge is 0.355 e. The van der Waals surface area contributed by atoms with E-state index in [1.54, 1.807) is 6.07 Å². The lowest BCUT2D eigenvalue weighted by Gasteiger charge is -2.17. The molecule has 0 aliphatic carbocycles. The summed E-state index contributed by atoms with van der Waals surface area (Å²) in [6.45, 7) is 6.23. The normalized spacial score (nSPS) is 11.0. The third-order valence-corrected chi connectivity index (χ3v) is 3.12. The summed E-state index contributed by atoms with van der Waals surface area (Å²) < 4.78 is 0. The Hall–Kier alpha value is -1.55. The number of rotatable bonds is 5. The molecule has 0 unspecified atom stereocenters. The number of halogens is 1. The van der Waals surface area contributed by atoms with E-state index in [0.29, 0.717) is 18.1 Å². The van der Waals surface area contributed by atoms with Crippen molar-refractivity contribution >= 4 is 23.4 Å². The molecule has 110 valence electrons. The summed E-state index contributed by atoms with van der Waals surface area (Å²) in [5.74, 6) is -0.171. The molecule has 0 saturated carbocycles. The van der Waals surface area contributed by atoms with Crippen LogP contribution in [0.3, 0.4) is 0 Å². The Morgan fingerprint density at radius 3 is 2.40 bits per heavy atom. The predicted molar refractivity (Wildman–Crippen MR) is 80.4 cm³/mol. The molecular weight excluding hydrogens is 276 g/mol. The third kappa shape index (κ3) is 5.61. The van der Waals surface area contributed by atoms with Crippen LogP contribution in [0.4, 0.5) is 0 Å². The molecule has 20 heavy (non-hydrogen) atoms. The van der Waals surface area contributed by atoms with Gasteiger partial charge in [-0.1, -0.05) is 50.6 Å². The second kappa shape index (κ2) is 7.29. The van der Waals surface area contributed by atoms with Crippen LogP contribution in [0.2, 0.25) is 5.02 Å². The second-order valence-electron chi connectivity index (χ2n) is 5.62. The van der Waals surface area contributed by atoms with Crippen LogP contribution in [0.25, 0.3) is 0 Å². The van der Waals surface area contributed by atoms with Gasteiger partial charge in [-0.2, -0.15) is 0 Å². The average molecular weight is 297 g/mol. The van der Waals surface area contributed by atoms with Gasteiger partial charge in [0, 0.05) is 29.9 Å². The number of nitrogens with one attached hydrogen (secondary N) is 2. The summed E-state index contributed by atoms with van der Waals surface area (Å²) in [4.78, 5) is 23.3. The first-order valence-electron chi connectivity index (χ1n) is 6.59. The van der Waals surface area contributed by atoms with Crippen LogP contribution in [-0.4, -0.2) is 18.4 Å². The van der Waals surface area contributed by atoms with E-state index in [1.807, 2.05) is 39.0 Å². The molecule has 2 amide bonds. The second-order valence-corrected chi connectivity index (χ2v) is 6.03. The zero-order valence-corrected chi connectivity index (χ0v) is 12.9. The van der Waals surface area contributed by atoms with Crippen molar-refractivity contribution in [3.63, 3.8) is 0 Å². The molecule has 0 aliphatic rings. The van der Waals surface area contributed by atoms with Crippen molar-refractivity contribution in [3.05, 3.63) is 34.9 Å². The van der Waals surface area contributed by atoms with Crippen LogP contribution in [0, 0.1) is 5.41 Å². The molecule has 1 aromatic carbocycles. The van der Waals surface area contributed by atoms with E-state index in [0.717, 1.165) is 5.56 Å². The van der Waals surface area contributed by atoms with Crippen LogP contribution in [-0.2, 0) is 16.1 Å². The van der Waals surface area contributed by atoms with Gasteiger partial charge in [0.1, 0.15) is 0 Å². The maximum absolute atomic E-state index is 11.7. The maximum atomic E-state index is 11.7. The minimum absolute atomic E-state index is 0.0589. The molecule has 4 nitrogen and oxygen atoms in total. The van der Waals surface area contributed by atoms with Gasteiger partial charge >= 0.3 is 0 Å². The van der Waals surface area contributed by atoms with Gasteiger partial charge in [-0.15, -0.1) is 0 Å². The first-order valence-corrected chi connectivity index (χ1v) is 6.97. The third-order valence-electron chi connectivity index (χ3n) is 2.75. The van der Waals surface area contributed by atoms with Gasteiger partial charge in [0.25, 0.3) is 0 Å². The Kier molecular flexibility index (Phi) is 6.02. The van der Waals surface area contributed by atoms with E-state index < -0.39 is 5.41 Å². The van der Waals surface area contributed by atoms with E-state index >= 15 is 0 Å². The van der Waals surface area contributed by atoms with Crippen molar-refractivity contribution in [1.29, 1.82) is 0 Å². The van der Waals surface area contributed by atoms with Crippen LogP contribution < -0.4 is 10.6 Å². The first-order chi connectivity index (χ1) is 9.30. The lowest BCUT2D eigenvalue weighted by atomic mass is 9.96. The number of carbonyl (C=O) groups is 2. The van der Waals surface area contributed by atoms with E-state index in [9.17, 15) is 9.59 Å². The Labute approximate surface area is 124 Å². The molecule has 0 saturated heterocycles. The van der Waals surface area contributed by atoms with E-state index in [2.05, 4.69) is 10.6 Å². The molecule has 0 aromatic heterocycles. The minimum atomic E-state index is -0.436. The van der Waals surface area contributed by atoms with Gasteiger partial charge in [-0.3, -0.25) is 9.59 Å². The Balaban J connectivity index is 2.28. The van der Waals surface area contributed by atoms with Crippen molar-refractivity contribution < 1.29 is 9.59 Å². The highest BCUT2D eigenvalue weighted by Crippen LogP contribution is 2.14. The van der Waals surface area contributed by atoms with Gasteiger partial charge in [0.2, 0.25) is 11.8 Å². The Morgan fingerprint density at radius 2 is 1.80 bits per heavy atom. The summed E-state index contributed by atoms with van der Waals surface area (Å²) in [5.41, 5.74) is 0.440. The van der Waals surface area contributed by atoms with Crippen molar-refractivity contribution in [3.8, 4) is 0 Å². The van der Waals surface area contributed by atoms with Crippen molar-refractivity contribution in [1.82, 2.24) is 10.6 Å². The molecule has 0 spiro atoms. The number of carbonyl (C=O) groups excluding carboxylic acids is 2. The van der Waals surface area contributed by atoms with Crippen LogP contribution in [0.5, 0.6) is 0 Å². The fraction of sp³-hybridized carbons (Fsp3) is 0.467. The van der Waals surface area contributed by atoms with Gasteiger partial charge < -0.3 is 10.6 Å². The molecule has 0 atom stereocenters. The van der Waals surface area contributed by atoms with Crippen LogP contribution >= 0.6 is 11.6 Å². The Morgan fingerprint density at radius 1 is 1.15 bits per heavy atom. The number of hydrogen-bond acceptors (Lipinski definition) is 2. The lowest BCUT2D eigenvalue weighted by Crippen LogP contribution is -2.37. The zero-order chi connectivity index (χ0) is 15.2. The molecule has 0 bridgehead atoms. The van der Waals surface area contributed by atoms with Gasteiger partial charge in [0.05, 0.1) is 0 Å². The summed E-state index contributed by atoms with van der Waals surface area (Å²) >= 11 is 6.00. The molecule has 2 N–H and O–H groups in total. The number of hydrogen-bond donors (Lipinski definition) is 2. The van der Waals surface area contributed by atoms with Crippen molar-refractivity contribution in [2.75, 3.05) is 6.54 Å². The smallest absolute Gasteiger partial charge is 0.225 e. The van der Waals surface area contributed by atoms with E-state index in [-0.39, 0.29) is 18.2 Å². The summed E-state index contributed by atoms with van der Waals surface area (Å²) in [6.07, 6.45) is 0.256. The standard InChI is InChI=1S/C15H21ClN2O2/c1-15(2,3)14(20)17-9-8-13(19)18-10-11-6-4-5-7-12(11)16/h4-7H,8-10H2,1-3H3,(H,17,20)(H,18,19). The summed E-state index contributed by atoms with van der Waals surface area (Å²) in [7, 11) is 0. The van der Waals surface area contributed by atoms with Crippen molar-refractivity contribution in [2.45, 2.75) is 33.7 Å². The Bertz CT molecular complexity index is 481. The molecule has 0 fully saturated rings. The number of amides is 2. The maximum Gasteiger partial charge on any atom is 0.225 e. The molecule has 5 heteroatoms. The summed E-state index contributed by atoms with van der Waals surface area (Å²) in [6, 6.07) is 7.36. The van der Waals surface area contributed by atoms with Crippen LogP contribution in [0.1, 0.15) is 32.8 Å². The highest BCUT2D eigenvalue weighted by molar-refractivity contribution is 6.31. The van der Waals surface area contributed by atoms with Gasteiger partial charge in [-0.25, -0.2) is 0 Å². The van der Waals surface area contributed by atoms with Crippen LogP contribution in [0.15, 0.2) is 24.3 Å². The zero-order valence-electron chi connectivity index (χ0n) is 12.1. The van der Waals surface area contributed by atoms with Gasteiger partial charge in [0.15, 0.2) is 0 Å². The first kappa shape index (κ1) is 16.5. The monoisotopic (exact) mass is 296 g/mol. The highest BCUT2D eigenvalue weighted by Gasteiger charge is 2.20. The average Bonchev–Trinajstić information content (AvgIpc) is 2.36. The van der Waals surface area contributed by atoms with E-state index in [1.165, 1.54) is 0 Å². The van der Waals surface area contributed by atoms with Crippen molar-refractivity contribution in [2.24, 2.45) is 5.41 Å². The molecule has 0 aliphatic heterocycles. The summed E-state index contributed by atoms with van der Waals surface area (Å²) in [5, 5.41) is 6.15.